The first kappa shape index (κ1) is 8.81. The van der Waals surface area contributed by atoms with Crippen LogP contribution in [0.1, 0.15) is 0 Å². The Morgan fingerprint density at radius 2 is 2.45 bits per heavy atom. The molecule has 1 amide bonds. The van der Waals surface area contributed by atoms with Gasteiger partial charge in [0, 0.05) is 6.16 Å². The number of carbonyl (C=O) groups excluding carboxylic acids is 1. The number of hydrogen-bond donors (Lipinski definition) is 3. The molecule has 0 aliphatic carbocycles. The summed E-state index contributed by atoms with van der Waals surface area (Å²) in [5, 5.41) is 10.9. The fourth-order valence-corrected chi connectivity index (χ4v) is 2.96. The summed E-state index contributed by atoms with van der Waals surface area (Å²) in [6.45, 7) is 0. The van der Waals surface area contributed by atoms with Crippen molar-refractivity contribution >= 4 is 31.2 Å². The van der Waals surface area contributed by atoms with Gasteiger partial charge in [-0.25, -0.2) is 4.79 Å². The minimum atomic E-state index is -0.973. The quantitative estimate of drug-likeness (QED) is 0.402. The minimum Gasteiger partial charge on any atom is -0.480 e. The van der Waals surface area contributed by atoms with Gasteiger partial charge in [-0.15, -0.1) is 0 Å². The molecule has 0 bridgehead atoms. The highest BCUT2D eigenvalue weighted by Gasteiger charge is 2.28. The van der Waals surface area contributed by atoms with Crippen molar-refractivity contribution < 1.29 is 14.7 Å². The normalized spacial score (nSPS) is 31.2. The monoisotopic (exact) mass is 193 g/mol. The number of rotatable bonds is 1. The molecule has 1 aliphatic rings. The number of hydrogen-bond acceptors (Lipinski definition) is 3. The van der Waals surface area contributed by atoms with Crippen LogP contribution in [0.5, 0.6) is 0 Å². The van der Waals surface area contributed by atoms with Gasteiger partial charge in [0.25, 0.3) is 0 Å². The molecular weight excluding hydrogens is 185 g/mol. The van der Waals surface area contributed by atoms with E-state index in [-0.39, 0.29) is 5.91 Å². The standard InChI is InChI=1S/C5H8NO3PS/c7-4-2-10(11)1-3(6-4)5(8)9/h3,11H,1-2H2,(H,6,7)(H,8,9)/t3-,10-/m0/s1. The van der Waals surface area contributed by atoms with Gasteiger partial charge in [0.1, 0.15) is 6.04 Å². The molecule has 2 N–H and O–H groups in total. The first-order chi connectivity index (χ1) is 5.09. The maximum atomic E-state index is 10.8. The van der Waals surface area contributed by atoms with E-state index in [1.54, 1.807) is 0 Å². The zero-order chi connectivity index (χ0) is 8.43. The molecule has 0 spiro atoms. The predicted molar refractivity (Wildman–Crippen MR) is 45.2 cm³/mol. The molecule has 2 atom stereocenters. The zero-order valence-corrected chi connectivity index (χ0v) is 7.44. The van der Waals surface area contributed by atoms with E-state index in [0.29, 0.717) is 12.3 Å². The van der Waals surface area contributed by atoms with Crippen molar-refractivity contribution in [3.63, 3.8) is 0 Å². The van der Waals surface area contributed by atoms with Gasteiger partial charge in [0.15, 0.2) is 0 Å². The summed E-state index contributed by atoms with van der Waals surface area (Å²) >= 11 is 4.12. The first-order valence-electron chi connectivity index (χ1n) is 3.05. The van der Waals surface area contributed by atoms with Crippen LogP contribution in [-0.4, -0.2) is 35.3 Å². The molecule has 1 fully saturated rings. The fraction of sp³-hybridized carbons (Fsp3) is 0.600. The summed E-state index contributed by atoms with van der Waals surface area (Å²) in [5.74, 6) is -1.18. The second-order valence-electron chi connectivity index (χ2n) is 2.31. The van der Waals surface area contributed by atoms with E-state index in [1.807, 2.05) is 0 Å². The molecule has 11 heavy (non-hydrogen) atoms. The van der Waals surface area contributed by atoms with E-state index < -0.39 is 19.1 Å². The third kappa shape index (κ3) is 2.34. The third-order valence-electron chi connectivity index (χ3n) is 1.35. The van der Waals surface area contributed by atoms with Crippen LogP contribution in [0.4, 0.5) is 0 Å². The Bertz CT molecular complexity index is 198. The molecule has 1 saturated heterocycles. The summed E-state index contributed by atoms with van der Waals surface area (Å²) in [6.07, 6.45) is 0.849. The van der Waals surface area contributed by atoms with Gasteiger partial charge in [-0.1, -0.05) is 0 Å². The van der Waals surface area contributed by atoms with Gasteiger partial charge < -0.3 is 10.4 Å². The van der Waals surface area contributed by atoms with Crippen LogP contribution < -0.4 is 5.32 Å². The number of carbonyl (C=O) groups is 2. The van der Waals surface area contributed by atoms with Crippen molar-refractivity contribution in [1.82, 2.24) is 5.32 Å². The van der Waals surface area contributed by atoms with Gasteiger partial charge >= 0.3 is 5.97 Å². The highest BCUT2D eigenvalue weighted by molar-refractivity contribution is 8.45. The predicted octanol–water partition coefficient (Wildman–Crippen LogP) is -0.104. The average Bonchev–Trinajstić information content (AvgIpc) is 1.85. The van der Waals surface area contributed by atoms with E-state index in [1.165, 1.54) is 0 Å². The topological polar surface area (TPSA) is 66.4 Å². The lowest BCUT2D eigenvalue weighted by Gasteiger charge is -2.23. The molecule has 62 valence electrons. The maximum Gasteiger partial charge on any atom is 0.326 e. The van der Waals surface area contributed by atoms with Crippen molar-refractivity contribution in [2.75, 3.05) is 12.3 Å². The third-order valence-corrected chi connectivity index (χ3v) is 3.71. The van der Waals surface area contributed by atoms with Gasteiger partial charge in [-0.05, 0) is 7.12 Å². The summed E-state index contributed by atoms with van der Waals surface area (Å²) in [5.41, 5.74) is 0. The molecule has 0 aromatic carbocycles. The number of nitrogens with one attached hydrogen (secondary N) is 1. The molecule has 1 heterocycles. The first-order valence-corrected chi connectivity index (χ1v) is 5.92. The Labute approximate surface area is 70.3 Å². The second kappa shape index (κ2) is 3.41. The Morgan fingerprint density at radius 1 is 1.82 bits per heavy atom. The van der Waals surface area contributed by atoms with E-state index in [4.69, 9.17) is 5.11 Å². The molecule has 1 rings (SSSR count). The number of carboxylic acids is 1. The fourth-order valence-electron chi connectivity index (χ4n) is 0.867. The summed E-state index contributed by atoms with van der Waals surface area (Å²) in [7, 11) is -0.701. The van der Waals surface area contributed by atoms with Crippen LogP contribution in [0.3, 0.4) is 0 Å². The van der Waals surface area contributed by atoms with Crippen molar-refractivity contribution in [2.45, 2.75) is 6.04 Å². The molecule has 0 unspecified atom stereocenters. The minimum absolute atomic E-state index is 0.204. The molecule has 6 heteroatoms. The number of carboxylic acid groups (broad SMARTS) is 1. The smallest absolute Gasteiger partial charge is 0.326 e. The number of thiol groups is 1. The van der Waals surface area contributed by atoms with Crippen molar-refractivity contribution in [3.8, 4) is 0 Å². The van der Waals surface area contributed by atoms with Crippen LogP contribution in [0.2, 0.25) is 0 Å². The van der Waals surface area contributed by atoms with E-state index in [9.17, 15) is 9.59 Å². The second-order valence-corrected chi connectivity index (χ2v) is 5.70. The van der Waals surface area contributed by atoms with Gasteiger partial charge in [-0.2, -0.15) is 12.2 Å². The van der Waals surface area contributed by atoms with Crippen LogP contribution in [0, 0.1) is 0 Å². The van der Waals surface area contributed by atoms with Crippen molar-refractivity contribution in [3.05, 3.63) is 0 Å². The molecule has 0 saturated carbocycles. The molecule has 0 aromatic heterocycles. The summed E-state index contributed by atoms with van der Waals surface area (Å²) < 4.78 is 0. The molecule has 4 nitrogen and oxygen atoms in total. The number of aliphatic carboxylic acids is 1. The largest absolute Gasteiger partial charge is 0.480 e. The number of amides is 1. The molecule has 0 aromatic rings. The van der Waals surface area contributed by atoms with Crippen molar-refractivity contribution in [2.24, 2.45) is 0 Å². The Hall–Kier alpha value is -0.280. The zero-order valence-electron chi connectivity index (χ0n) is 5.65. The van der Waals surface area contributed by atoms with Gasteiger partial charge in [-0.3, -0.25) is 4.79 Å². The lowest BCUT2D eigenvalue weighted by Crippen LogP contribution is -2.47. The highest BCUT2D eigenvalue weighted by atomic mass is 32.7. The van der Waals surface area contributed by atoms with E-state index >= 15 is 0 Å². The van der Waals surface area contributed by atoms with E-state index in [2.05, 4.69) is 17.6 Å². The molecule has 0 radical (unpaired) electrons. The van der Waals surface area contributed by atoms with Crippen LogP contribution in [-0.2, 0) is 9.59 Å². The van der Waals surface area contributed by atoms with Crippen LogP contribution >= 0.6 is 19.4 Å². The maximum absolute atomic E-state index is 10.8. The van der Waals surface area contributed by atoms with Crippen LogP contribution in [0.15, 0.2) is 0 Å². The lowest BCUT2D eigenvalue weighted by molar-refractivity contribution is -0.141. The lowest BCUT2D eigenvalue weighted by atomic mass is 10.3. The average molecular weight is 193 g/mol. The summed E-state index contributed by atoms with van der Waals surface area (Å²) in [6, 6.07) is -0.722. The van der Waals surface area contributed by atoms with Gasteiger partial charge in [0.2, 0.25) is 5.91 Å². The van der Waals surface area contributed by atoms with Crippen LogP contribution in [0.25, 0.3) is 0 Å². The molecule has 1 aliphatic heterocycles. The molecular formula is C5H8NO3PS. The summed E-state index contributed by atoms with van der Waals surface area (Å²) in [4.78, 5) is 21.2. The Kier molecular flexibility index (Phi) is 2.73. The van der Waals surface area contributed by atoms with Gasteiger partial charge in [0.05, 0.1) is 6.16 Å². The van der Waals surface area contributed by atoms with E-state index in [0.717, 1.165) is 0 Å². The Morgan fingerprint density at radius 3 is 2.91 bits per heavy atom. The Balaban J connectivity index is 2.56. The van der Waals surface area contributed by atoms with Crippen molar-refractivity contribution in [1.29, 1.82) is 0 Å². The SMILES string of the molecule is O=C1C[P@@](S)C[C@@H](C(=O)O)N1. The highest BCUT2D eigenvalue weighted by Crippen LogP contribution is 2.42.